The Bertz CT molecular complexity index is 492. The van der Waals surface area contributed by atoms with Gasteiger partial charge in [0.2, 0.25) is 5.16 Å². The van der Waals surface area contributed by atoms with Crippen LogP contribution in [0.3, 0.4) is 0 Å². The van der Waals surface area contributed by atoms with Crippen molar-refractivity contribution in [3.8, 4) is 0 Å². The fourth-order valence-corrected chi connectivity index (χ4v) is 2.22. The molecule has 0 saturated heterocycles. The summed E-state index contributed by atoms with van der Waals surface area (Å²) in [6.07, 6.45) is 0. The van der Waals surface area contributed by atoms with Crippen molar-refractivity contribution >= 4 is 11.8 Å². The van der Waals surface area contributed by atoms with Crippen LogP contribution in [0.25, 0.3) is 0 Å². The molecule has 2 aromatic rings. The van der Waals surface area contributed by atoms with E-state index in [0.717, 1.165) is 10.7 Å². The Balaban J connectivity index is 2.04. The summed E-state index contributed by atoms with van der Waals surface area (Å²) in [4.78, 5) is 0. The van der Waals surface area contributed by atoms with E-state index in [1.165, 1.54) is 11.8 Å². The van der Waals surface area contributed by atoms with Crippen molar-refractivity contribution in [2.75, 3.05) is 5.75 Å². The smallest absolute Gasteiger partial charge is 0.209 e. The Morgan fingerprint density at radius 3 is 2.67 bits per heavy atom. The van der Waals surface area contributed by atoms with Crippen molar-refractivity contribution in [1.82, 2.24) is 20.2 Å². The first kappa shape index (κ1) is 13.0. The van der Waals surface area contributed by atoms with E-state index in [1.54, 1.807) is 18.5 Å². The molecule has 18 heavy (non-hydrogen) atoms. The van der Waals surface area contributed by atoms with Gasteiger partial charge in [-0.25, -0.2) is 4.68 Å². The normalized spacial score (nSPS) is 11.7. The van der Waals surface area contributed by atoms with Gasteiger partial charge in [-0.15, -0.1) is 5.10 Å². The van der Waals surface area contributed by atoms with Crippen molar-refractivity contribution in [2.24, 2.45) is 0 Å². The topological polar surface area (TPSA) is 63.8 Å². The number of aromatic nitrogens is 4. The first-order valence-corrected chi connectivity index (χ1v) is 6.68. The van der Waals surface area contributed by atoms with E-state index in [2.05, 4.69) is 15.5 Å². The molecule has 0 amide bonds. The van der Waals surface area contributed by atoms with Gasteiger partial charge < -0.3 is 5.11 Å². The number of hydrogen-bond donors (Lipinski definition) is 1. The average Bonchev–Trinajstić information content (AvgIpc) is 2.74. The third-order valence-corrected chi connectivity index (χ3v) is 3.63. The minimum atomic E-state index is -0.728. The maximum Gasteiger partial charge on any atom is 0.209 e. The Kier molecular flexibility index (Phi) is 3.98. The summed E-state index contributed by atoms with van der Waals surface area (Å²) in [6.45, 7) is 4.18. The first-order chi connectivity index (χ1) is 8.54. The molecule has 0 unspecified atom stereocenters. The Labute approximate surface area is 110 Å². The van der Waals surface area contributed by atoms with Gasteiger partial charge in [-0.05, 0) is 29.8 Å². The zero-order chi connectivity index (χ0) is 13.0. The lowest BCUT2D eigenvalue weighted by atomic mass is 10.2. The fourth-order valence-electron chi connectivity index (χ4n) is 1.40. The predicted octanol–water partition coefficient (Wildman–Crippen LogP) is 1.58. The van der Waals surface area contributed by atoms with E-state index >= 15 is 0 Å². The molecule has 6 heteroatoms. The molecular formula is C12H16N4OS. The van der Waals surface area contributed by atoms with Crippen molar-refractivity contribution in [1.29, 1.82) is 0 Å². The van der Waals surface area contributed by atoms with Crippen molar-refractivity contribution in [3.05, 3.63) is 35.9 Å². The molecule has 2 rings (SSSR count). The Morgan fingerprint density at radius 2 is 2.00 bits per heavy atom. The van der Waals surface area contributed by atoms with Crippen LogP contribution in [0.1, 0.15) is 19.4 Å². The molecule has 0 atom stereocenters. The number of hydrogen-bond acceptors (Lipinski definition) is 5. The summed E-state index contributed by atoms with van der Waals surface area (Å²) in [5.74, 6) is 0.558. The van der Waals surface area contributed by atoms with Crippen molar-refractivity contribution < 1.29 is 5.11 Å². The number of thioether (sulfide) groups is 1. The lowest BCUT2D eigenvalue weighted by Crippen LogP contribution is -2.22. The van der Waals surface area contributed by atoms with Gasteiger partial charge in [0.05, 0.1) is 12.1 Å². The lowest BCUT2D eigenvalue weighted by Gasteiger charge is -2.15. The van der Waals surface area contributed by atoms with Crippen LogP contribution in [0.2, 0.25) is 0 Å². The van der Waals surface area contributed by atoms with E-state index in [0.29, 0.717) is 12.3 Å². The van der Waals surface area contributed by atoms with Crippen LogP contribution in [0.4, 0.5) is 0 Å². The van der Waals surface area contributed by atoms with Crippen LogP contribution in [-0.4, -0.2) is 36.7 Å². The van der Waals surface area contributed by atoms with Crippen molar-refractivity contribution in [2.45, 2.75) is 31.1 Å². The van der Waals surface area contributed by atoms with Gasteiger partial charge in [0, 0.05) is 5.75 Å². The van der Waals surface area contributed by atoms with Gasteiger partial charge in [-0.1, -0.05) is 42.1 Å². The van der Waals surface area contributed by atoms with Crippen LogP contribution in [0.5, 0.6) is 0 Å². The molecule has 0 aliphatic rings. The highest BCUT2D eigenvalue weighted by atomic mass is 32.2. The van der Waals surface area contributed by atoms with Gasteiger partial charge in [0.1, 0.15) is 0 Å². The minimum absolute atomic E-state index is 0.558. The summed E-state index contributed by atoms with van der Waals surface area (Å²) < 4.78 is 1.74. The highest BCUT2D eigenvalue weighted by Crippen LogP contribution is 2.20. The maximum atomic E-state index is 9.70. The highest BCUT2D eigenvalue weighted by molar-refractivity contribution is 7.99. The summed E-state index contributed by atoms with van der Waals surface area (Å²) in [5.41, 5.74) is 0.420. The monoisotopic (exact) mass is 264 g/mol. The molecule has 0 saturated carbocycles. The number of aliphatic hydroxyl groups is 1. The lowest BCUT2D eigenvalue weighted by molar-refractivity contribution is 0.107. The van der Waals surface area contributed by atoms with Crippen LogP contribution < -0.4 is 0 Å². The zero-order valence-electron chi connectivity index (χ0n) is 10.4. The van der Waals surface area contributed by atoms with E-state index < -0.39 is 5.60 Å². The number of nitrogens with zero attached hydrogens (tertiary/aromatic N) is 4. The van der Waals surface area contributed by atoms with Gasteiger partial charge in [-0.2, -0.15) is 0 Å². The molecule has 0 radical (unpaired) electrons. The SMILES string of the molecule is CC(C)(O)CSc1nnnn1Cc1ccccc1. The number of benzene rings is 1. The molecule has 96 valence electrons. The number of tetrazole rings is 1. The van der Waals surface area contributed by atoms with Gasteiger partial charge >= 0.3 is 0 Å². The largest absolute Gasteiger partial charge is 0.390 e. The molecule has 1 N–H and O–H groups in total. The molecule has 5 nitrogen and oxygen atoms in total. The standard InChI is InChI=1S/C12H16N4OS/c1-12(2,17)9-18-11-13-14-15-16(11)8-10-6-4-3-5-7-10/h3-7,17H,8-9H2,1-2H3. The summed E-state index contributed by atoms with van der Waals surface area (Å²) in [7, 11) is 0. The fraction of sp³-hybridized carbons (Fsp3) is 0.417. The molecule has 0 aliphatic heterocycles. The second-order valence-corrected chi connectivity index (χ2v) is 5.65. The maximum absolute atomic E-state index is 9.70. The third-order valence-electron chi connectivity index (χ3n) is 2.23. The molecule has 0 aliphatic carbocycles. The molecule has 1 aromatic carbocycles. The van der Waals surface area contributed by atoms with E-state index in [4.69, 9.17) is 0 Å². The van der Waals surface area contributed by atoms with Gasteiger partial charge in [0.25, 0.3) is 0 Å². The summed E-state index contributed by atoms with van der Waals surface area (Å²) in [5, 5.41) is 22.0. The van der Waals surface area contributed by atoms with Crippen LogP contribution >= 0.6 is 11.8 Å². The zero-order valence-corrected chi connectivity index (χ0v) is 11.3. The first-order valence-electron chi connectivity index (χ1n) is 5.70. The van der Waals surface area contributed by atoms with E-state index in [-0.39, 0.29) is 0 Å². The van der Waals surface area contributed by atoms with Gasteiger partial charge in [0.15, 0.2) is 0 Å². The molecule has 1 aromatic heterocycles. The Hall–Kier alpha value is -1.40. The average molecular weight is 264 g/mol. The molecule has 0 spiro atoms. The van der Waals surface area contributed by atoms with Crippen LogP contribution in [-0.2, 0) is 6.54 Å². The second kappa shape index (κ2) is 5.49. The van der Waals surface area contributed by atoms with Gasteiger partial charge in [-0.3, -0.25) is 0 Å². The van der Waals surface area contributed by atoms with Crippen LogP contribution in [0, 0.1) is 0 Å². The van der Waals surface area contributed by atoms with Crippen molar-refractivity contribution in [3.63, 3.8) is 0 Å². The quantitative estimate of drug-likeness (QED) is 0.831. The molecular weight excluding hydrogens is 248 g/mol. The van der Waals surface area contributed by atoms with E-state index in [1.807, 2.05) is 30.3 Å². The molecule has 0 bridgehead atoms. The Morgan fingerprint density at radius 1 is 1.28 bits per heavy atom. The summed E-state index contributed by atoms with van der Waals surface area (Å²) >= 11 is 1.46. The molecule has 0 fully saturated rings. The summed E-state index contributed by atoms with van der Waals surface area (Å²) in [6, 6.07) is 10.0. The van der Waals surface area contributed by atoms with Crippen LogP contribution in [0.15, 0.2) is 35.5 Å². The second-order valence-electron chi connectivity index (χ2n) is 4.71. The molecule has 1 heterocycles. The van der Waals surface area contributed by atoms with E-state index in [9.17, 15) is 5.11 Å². The predicted molar refractivity (Wildman–Crippen MR) is 70.4 cm³/mol. The number of rotatable bonds is 5. The minimum Gasteiger partial charge on any atom is -0.390 e. The highest BCUT2D eigenvalue weighted by Gasteiger charge is 2.16. The third kappa shape index (κ3) is 3.82.